The first-order valence-corrected chi connectivity index (χ1v) is 8.92. The van der Waals surface area contributed by atoms with Gasteiger partial charge in [0.25, 0.3) is 5.91 Å². The fraction of sp³-hybridized carbons (Fsp3) is 0.273. The molecule has 27 heavy (non-hydrogen) atoms. The lowest BCUT2D eigenvalue weighted by atomic mass is 10.0. The van der Waals surface area contributed by atoms with E-state index in [0.717, 1.165) is 5.56 Å². The Morgan fingerprint density at radius 1 is 0.963 bits per heavy atom. The van der Waals surface area contributed by atoms with Crippen LogP contribution in [0.5, 0.6) is 5.75 Å². The molecule has 140 valence electrons. The minimum Gasteiger partial charge on any atom is -0.481 e. The van der Waals surface area contributed by atoms with E-state index in [-0.39, 0.29) is 11.8 Å². The molecule has 2 aromatic carbocycles. The molecule has 1 aromatic heterocycles. The topological polar surface area (TPSA) is 57.5 Å². The van der Waals surface area contributed by atoms with Crippen molar-refractivity contribution in [2.75, 3.05) is 7.11 Å². The third kappa shape index (κ3) is 3.58. The van der Waals surface area contributed by atoms with Crippen LogP contribution in [-0.4, -0.2) is 29.7 Å². The van der Waals surface area contributed by atoms with Crippen LogP contribution in [0.1, 0.15) is 47.4 Å². The maximum Gasteiger partial charge on any atom is 0.340 e. The summed E-state index contributed by atoms with van der Waals surface area (Å²) in [7, 11) is 1.32. The Hall–Kier alpha value is -3.08. The number of esters is 1. The van der Waals surface area contributed by atoms with E-state index in [1.54, 1.807) is 19.1 Å². The van der Waals surface area contributed by atoms with Crippen LogP contribution in [0.2, 0.25) is 0 Å². The van der Waals surface area contributed by atoms with Crippen molar-refractivity contribution in [2.24, 2.45) is 0 Å². The summed E-state index contributed by atoms with van der Waals surface area (Å²) in [6.07, 6.45) is 0.804. The van der Waals surface area contributed by atoms with Crippen LogP contribution in [0.3, 0.4) is 0 Å². The molecule has 0 aliphatic carbocycles. The van der Waals surface area contributed by atoms with Gasteiger partial charge in [0.05, 0.1) is 18.2 Å². The van der Waals surface area contributed by atoms with Crippen molar-refractivity contribution in [3.8, 4) is 5.75 Å². The van der Waals surface area contributed by atoms with Crippen molar-refractivity contribution in [3.05, 3.63) is 65.9 Å². The summed E-state index contributed by atoms with van der Waals surface area (Å²) in [6.45, 7) is 5.87. The van der Waals surface area contributed by atoms with Gasteiger partial charge in [0.1, 0.15) is 5.75 Å². The number of hydrogen-bond donors (Lipinski definition) is 0. The summed E-state index contributed by atoms with van der Waals surface area (Å²) in [4.78, 5) is 25.1. The van der Waals surface area contributed by atoms with Crippen LogP contribution in [-0.2, 0) is 4.74 Å². The van der Waals surface area contributed by atoms with E-state index in [1.807, 2.05) is 36.4 Å². The zero-order valence-corrected chi connectivity index (χ0v) is 15.9. The number of methoxy groups -OCH3 is 1. The van der Waals surface area contributed by atoms with Gasteiger partial charge in [-0.25, -0.2) is 4.79 Å². The van der Waals surface area contributed by atoms with Crippen LogP contribution in [0.15, 0.2) is 54.7 Å². The van der Waals surface area contributed by atoms with E-state index in [9.17, 15) is 9.59 Å². The van der Waals surface area contributed by atoms with E-state index in [4.69, 9.17) is 9.47 Å². The highest BCUT2D eigenvalue weighted by atomic mass is 16.5. The van der Waals surface area contributed by atoms with Gasteiger partial charge in [0.2, 0.25) is 0 Å². The summed E-state index contributed by atoms with van der Waals surface area (Å²) in [5.41, 5.74) is 2.05. The molecule has 0 unspecified atom stereocenters. The Morgan fingerprint density at radius 2 is 1.63 bits per heavy atom. The Labute approximate surface area is 158 Å². The van der Waals surface area contributed by atoms with Gasteiger partial charge in [0, 0.05) is 11.6 Å². The molecule has 0 spiro atoms. The van der Waals surface area contributed by atoms with Crippen LogP contribution < -0.4 is 4.74 Å². The number of fused-ring (bicyclic) bond motifs is 1. The monoisotopic (exact) mass is 365 g/mol. The number of aromatic nitrogens is 1. The molecule has 0 fully saturated rings. The zero-order chi connectivity index (χ0) is 19.6. The Kier molecular flexibility index (Phi) is 5.31. The van der Waals surface area contributed by atoms with Crippen molar-refractivity contribution in [1.29, 1.82) is 0 Å². The first kappa shape index (κ1) is 18.7. The van der Waals surface area contributed by atoms with Crippen molar-refractivity contribution >= 4 is 22.8 Å². The lowest BCUT2D eigenvalue weighted by Crippen LogP contribution is -2.29. The van der Waals surface area contributed by atoms with Gasteiger partial charge >= 0.3 is 5.97 Å². The minimum atomic E-state index is -0.716. The second kappa shape index (κ2) is 7.66. The molecule has 5 heteroatoms. The number of hydrogen-bond acceptors (Lipinski definition) is 4. The quantitative estimate of drug-likeness (QED) is 0.617. The smallest absolute Gasteiger partial charge is 0.340 e. The number of nitrogens with zero attached hydrogens (tertiary/aromatic N) is 1. The maximum atomic E-state index is 13.1. The molecule has 0 aliphatic heterocycles. The molecular formula is C22H23NO4. The molecule has 5 nitrogen and oxygen atoms in total. The van der Waals surface area contributed by atoms with E-state index in [2.05, 4.69) is 13.8 Å². The summed E-state index contributed by atoms with van der Waals surface area (Å²) in [6, 6.07) is 15.0. The largest absolute Gasteiger partial charge is 0.481 e. The van der Waals surface area contributed by atoms with Crippen LogP contribution in [0, 0.1) is 0 Å². The number of rotatable bonds is 5. The molecule has 0 bridgehead atoms. The molecular weight excluding hydrogens is 342 g/mol. The summed E-state index contributed by atoms with van der Waals surface area (Å²) < 4.78 is 12.3. The maximum absolute atomic E-state index is 13.1. The molecule has 3 aromatic rings. The second-order valence-electron chi connectivity index (χ2n) is 6.71. The number of para-hydroxylation sites is 2. The standard InChI is InChI=1S/C22H23NO4/c1-14(2)16-9-6-8-12-20(16)27-15(3)21(24)23-13-18(22(25)26-4)17-10-5-7-11-19(17)23/h5-15H,1-4H3/t15-/m0/s1. The first-order valence-electron chi connectivity index (χ1n) is 8.92. The molecule has 1 heterocycles. The van der Waals surface area contributed by atoms with Gasteiger partial charge in [-0.05, 0) is 30.5 Å². The lowest BCUT2D eigenvalue weighted by molar-refractivity contribution is 0.0602. The number of carbonyl (C=O) groups excluding carboxylic acids is 2. The molecule has 3 rings (SSSR count). The summed E-state index contributed by atoms with van der Waals surface area (Å²) in [5, 5.41) is 0.674. The highest BCUT2D eigenvalue weighted by Crippen LogP contribution is 2.28. The predicted octanol–water partition coefficient (Wildman–Crippen LogP) is 4.66. The summed E-state index contributed by atoms with van der Waals surface area (Å²) >= 11 is 0. The average molecular weight is 365 g/mol. The second-order valence-corrected chi connectivity index (χ2v) is 6.71. The van der Waals surface area contributed by atoms with Gasteiger partial charge in [-0.3, -0.25) is 9.36 Å². The van der Waals surface area contributed by atoms with Crippen molar-refractivity contribution in [2.45, 2.75) is 32.8 Å². The average Bonchev–Trinajstić information content (AvgIpc) is 3.06. The number of carbonyl (C=O) groups is 2. The Balaban J connectivity index is 1.96. The van der Waals surface area contributed by atoms with E-state index in [0.29, 0.717) is 22.2 Å². The third-order valence-electron chi connectivity index (χ3n) is 4.55. The SMILES string of the molecule is COC(=O)c1cn(C(=O)[C@H](C)Oc2ccccc2C(C)C)c2ccccc12. The van der Waals surface area contributed by atoms with Crippen LogP contribution in [0.4, 0.5) is 0 Å². The van der Waals surface area contributed by atoms with E-state index >= 15 is 0 Å². The van der Waals surface area contributed by atoms with Gasteiger partial charge in [-0.2, -0.15) is 0 Å². The predicted molar refractivity (Wildman–Crippen MR) is 105 cm³/mol. The van der Waals surface area contributed by atoms with Crippen LogP contribution >= 0.6 is 0 Å². The van der Waals surface area contributed by atoms with Gasteiger partial charge in [0.15, 0.2) is 6.10 Å². The van der Waals surface area contributed by atoms with Crippen molar-refractivity contribution < 1.29 is 19.1 Å². The minimum absolute atomic E-state index is 0.250. The molecule has 0 radical (unpaired) electrons. The fourth-order valence-electron chi connectivity index (χ4n) is 3.14. The highest BCUT2D eigenvalue weighted by Gasteiger charge is 2.23. The highest BCUT2D eigenvalue weighted by molar-refractivity contribution is 6.07. The van der Waals surface area contributed by atoms with Crippen molar-refractivity contribution in [3.63, 3.8) is 0 Å². The fourth-order valence-corrected chi connectivity index (χ4v) is 3.14. The Bertz CT molecular complexity index is 987. The molecule has 0 amide bonds. The van der Waals surface area contributed by atoms with Gasteiger partial charge in [-0.15, -0.1) is 0 Å². The van der Waals surface area contributed by atoms with Gasteiger partial charge < -0.3 is 9.47 Å². The number of ether oxygens (including phenoxy) is 2. The van der Waals surface area contributed by atoms with Crippen molar-refractivity contribution in [1.82, 2.24) is 4.57 Å². The zero-order valence-electron chi connectivity index (χ0n) is 15.9. The van der Waals surface area contributed by atoms with Crippen LogP contribution in [0.25, 0.3) is 10.9 Å². The normalized spacial score (nSPS) is 12.2. The molecule has 0 aliphatic rings. The van der Waals surface area contributed by atoms with E-state index < -0.39 is 12.1 Å². The first-order chi connectivity index (χ1) is 12.9. The Morgan fingerprint density at radius 3 is 2.33 bits per heavy atom. The summed E-state index contributed by atoms with van der Waals surface area (Å²) in [5.74, 6) is 0.247. The molecule has 0 N–H and O–H groups in total. The lowest BCUT2D eigenvalue weighted by Gasteiger charge is -2.18. The van der Waals surface area contributed by atoms with Gasteiger partial charge in [-0.1, -0.05) is 50.2 Å². The third-order valence-corrected chi connectivity index (χ3v) is 4.55. The molecule has 0 saturated heterocycles. The number of benzene rings is 2. The molecule has 0 saturated carbocycles. The molecule has 1 atom stereocenters. The van der Waals surface area contributed by atoms with E-state index in [1.165, 1.54) is 17.9 Å².